The largest absolute Gasteiger partial charge is 0.466 e. The fourth-order valence-corrected chi connectivity index (χ4v) is 3.22. The standard InChI is InChI=1S/C18H22ClN3O3/c1-2-24-18(23)13-7-9-22(10-8-13)12-17-20-16(21-25-17)11-14-5-3-4-6-15(14)19/h3-6,13H,2,7-12H2,1H3. The maximum absolute atomic E-state index is 11.8. The minimum Gasteiger partial charge on any atom is -0.466 e. The van der Waals surface area contributed by atoms with E-state index in [0.29, 0.717) is 36.3 Å². The first kappa shape index (κ1) is 17.9. The third-order valence-corrected chi connectivity index (χ3v) is 4.75. The van der Waals surface area contributed by atoms with E-state index in [1.807, 2.05) is 31.2 Å². The molecule has 1 fully saturated rings. The van der Waals surface area contributed by atoms with Crippen LogP contribution in [0.15, 0.2) is 28.8 Å². The second kappa shape index (κ2) is 8.45. The zero-order valence-electron chi connectivity index (χ0n) is 14.3. The number of nitrogens with zero attached hydrogens (tertiary/aromatic N) is 3. The van der Waals surface area contributed by atoms with E-state index in [2.05, 4.69) is 15.0 Å². The predicted octanol–water partition coefficient (Wildman–Crippen LogP) is 3.09. The van der Waals surface area contributed by atoms with Crippen LogP contribution in [-0.4, -0.2) is 40.7 Å². The van der Waals surface area contributed by atoms with E-state index in [0.717, 1.165) is 31.5 Å². The number of halogens is 1. The molecule has 2 heterocycles. The molecule has 0 radical (unpaired) electrons. The van der Waals surface area contributed by atoms with Gasteiger partial charge in [0.15, 0.2) is 5.82 Å². The van der Waals surface area contributed by atoms with Crippen molar-refractivity contribution in [3.8, 4) is 0 Å². The van der Waals surface area contributed by atoms with Crippen molar-refractivity contribution in [3.05, 3.63) is 46.6 Å². The molecule has 134 valence electrons. The van der Waals surface area contributed by atoms with Gasteiger partial charge in [-0.25, -0.2) is 0 Å². The van der Waals surface area contributed by atoms with E-state index in [4.69, 9.17) is 20.9 Å². The summed E-state index contributed by atoms with van der Waals surface area (Å²) in [7, 11) is 0. The van der Waals surface area contributed by atoms with Crippen molar-refractivity contribution in [3.63, 3.8) is 0 Å². The number of benzene rings is 1. The SMILES string of the molecule is CCOC(=O)C1CCN(Cc2nc(Cc3ccccc3Cl)no2)CC1. The van der Waals surface area contributed by atoms with Gasteiger partial charge in [-0.05, 0) is 44.5 Å². The molecule has 6 nitrogen and oxygen atoms in total. The van der Waals surface area contributed by atoms with Gasteiger partial charge in [0.1, 0.15) is 0 Å². The van der Waals surface area contributed by atoms with Gasteiger partial charge in [-0.3, -0.25) is 9.69 Å². The Kier molecular flexibility index (Phi) is 6.04. The molecule has 0 amide bonds. The van der Waals surface area contributed by atoms with E-state index in [1.165, 1.54) is 0 Å². The first-order valence-corrected chi connectivity index (χ1v) is 8.97. The summed E-state index contributed by atoms with van der Waals surface area (Å²) >= 11 is 6.17. The summed E-state index contributed by atoms with van der Waals surface area (Å²) in [5.74, 6) is 1.15. The fourth-order valence-electron chi connectivity index (χ4n) is 3.02. The number of esters is 1. The van der Waals surface area contributed by atoms with Crippen molar-refractivity contribution in [1.82, 2.24) is 15.0 Å². The Morgan fingerprint density at radius 3 is 2.84 bits per heavy atom. The van der Waals surface area contributed by atoms with Crippen molar-refractivity contribution in [2.24, 2.45) is 5.92 Å². The number of likely N-dealkylation sites (tertiary alicyclic amines) is 1. The summed E-state index contributed by atoms with van der Waals surface area (Å²) < 4.78 is 10.5. The molecule has 7 heteroatoms. The van der Waals surface area contributed by atoms with Crippen LogP contribution in [0.5, 0.6) is 0 Å². The minimum atomic E-state index is -0.0815. The lowest BCUT2D eigenvalue weighted by molar-refractivity contribution is -0.149. The van der Waals surface area contributed by atoms with Crippen LogP contribution in [0.25, 0.3) is 0 Å². The Labute approximate surface area is 152 Å². The highest BCUT2D eigenvalue weighted by Crippen LogP contribution is 2.21. The van der Waals surface area contributed by atoms with Crippen LogP contribution in [0.3, 0.4) is 0 Å². The van der Waals surface area contributed by atoms with Crippen LogP contribution < -0.4 is 0 Å². The lowest BCUT2D eigenvalue weighted by Gasteiger charge is -2.29. The zero-order valence-corrected chi connectivity index (χ0v) is 15.0. The van der Waals surface area contributed by atoms with Gasteiger partial charge in [-0.15, -0.1) is 0 Å². The fraction of sp³-hybridized carbons (Fsp3) is 0.500. The van der Waals surface area contributed by atoms with Crippen LogP contribution >= 0.6 is 11.6 Å². The Balaban J connectivity index is 1.51. The van der Waals surface area contributed by atoms with Gasteiger partial charge in [0, 0.05) is 11.4 Å². The number of carbonyl (C=O) groups excluding carboxylic acids is 1. The molecule has 2 aromatic rings. The third-order valence-electron chi connectivity index (χ3n) is 4.38. The van der Waals surface area contributed by atoms with Crippen LogP contribution in [0, 0.1) is 5.92 Å². The number of hydrogen-bond donors (Lipinski definition) is 0. The van der Waals surface area contributed by atoms with Gasteiger partial charge in [-0.1, -0.05) is 35.0 Å². The summed E-state index contributed by atoms with van der Waals surface area (Å²) in [6.45, 7) is 4.53. The number of rotatable bonds is 6. The molecule has 0 aliphatic carbocycles. The van der Waals surface area contributed by atoms with Crippen molar-refractivity contribution in [2.45, 2.75) is 32.7 Å². The summed E-state index contributed by atoms with van der Waals surface area (Å²) in [5.41, 5.74) is 0.978. The van der Waals surface area contributed by atoms with Gasteiger partial charge in [0.05, 0.1) is 19.1 Å². The topological polar surface area (TPSA) is 68.5 Å². The predicted molar refractivity (Wildman–Crippen MR) is 93.2 cm³/mol. The number of hydrogen-bond acceptors (Lipinski definition) is 6. The van der Waals surface area contributed by atoms with Crippen molar-refractivity contribution >= 4 is 17.6 Å². The number of piperidine rings is 1. The molecular formula is C18H22ClN3O3. The molecule has 1 saturated heterocycles. The second-order valence-corrected chi connectivity index (χ2v) is 6.58. The molecule has 0 spiro atoms. The Bertz CT molecular complexity index is 711. The minimum absolute atomic E-state index is 0.00895. The Morgan fingerprint density at radius 2 is 2.12 bits per heavy atom. The van der Waals surface area contributed by atoms with Crippen molar-refractivity contribution in [1.29, 1.82) is 0 Å². The number of ether oxygens (including phenoxy) is 1. The molecule has 1 aromatic carbocycles. The van der Waals surface area contributed by atoms with Crippen LogP contribution in [0.4, 0.5) is 0 Å². The lowest BCUT2D eigenvalue weighted by Crippen LogP contribution is -2.36. The molecule has 1 aliphatic heterocycles. The molecule has 3 rings (SSSR count). The molecule has 0 unspecified atom stereocenters. The van der Waals surface area contributed by atoms with Crippen LogP contribution in [0.2, 0.25) is 5.02 Å². The number of carbonyl (C=O) groups is 1. The summed E-state index contributed by atoms with van der Waals surface area (Å²) in [5, 5.41) is 4.74. The Morgan fingerprint density at radius 1 is 1.36 bits per heavy atom. The summed E-state index contributed by atoms with van der Waals surface area (Å²) in [4.78, 5) is 18.5. The van der Waals surface area contributed by atoms with Gasteiger partial charge in [0.2, 0.25) is 5.89 Å². The van der Waals surface area contributed by atoms with Gasteiger partial charge in [0.25, 0.3) is 0 Å². The van der Waals surface area contributed by atoms with Crippen LogP contribution in [-0.2, 0) is 22.5 Å². The zero-order chi connectivity index (χ0) is 17.6. The molecule has 25 heavy (non-hydrogen) atoms. The monoisotopic (exact) mass is 363 g/mol. The van der Waals surface area contributed by atoms with E-state index >= 15 is 0 Å². The third kappa shape index (κ3) is 4.80. The average Bonchev–Trinajstić information content (AvgIpc) is 3.05. The molecule has 0 bridgehead atoms. The molecular weight excluding hydrogens is 342 g/mol. The van der Waals surface area contributed by atoms with Gasteiger partial charge < -0.3 is 9.26 Å². The highest BCUT2D eigenvalue weighted by molar-refractivity contribution is 6.31. The number of aromatic nitrogens is 2. The normalized spacial score (nSPS) is 16.1. The summed E-state index contributed by atoms with van der Waals surface area (Å²) in [6, 6.07) is 7.65. The average molecular weight is 364 g/mol. The molecule has 1 aromatic heterocycles. The maximum atomic E-state index is 11.8. The first-order chi connectivity index (χ1) is 12.2. The van der Waals surface area contributed by atoms with Crippen molar-refractivity contribution in [2.75, 3.05) is 19.7 Å². The van der Waals surface area contributed by atoms with Crippen LogP contribution in [0.1, 0.15) is 37.0 Å². The summed E-state index contributed by atoms with van der Waals surface area (Å²) in [6.07, 6.45) is 2.16. The first-order valence-electron chi connectivity index (χ1n) is 8.59. The second-order valence-electron chi connectivity index (χ2n) is 6.18. The van der Waals surface area contributed by atoms with E-state index in [9.17, 15) is 4.79 Å². The molecule has 0 atom stereocenters. The van der Waals surface area contributed by atoms with E-state index in [-0.39, 0.29) is 11.9 Å². The quantitative estimate of drug-likeness (QED) is 0.734. The van der Waals surface area contributed by atoms with Crippen molar-refractivity contribution < 1.29 is 14.1 Å². The van der Waals surface area contributed by atoms with Gasteiger partial charge >= 0.3 is 5.97 Å². The smallest absolute Gasteiger partial charge is 0.309 e. The molecule has 1 aliphatic rings. The lowest BCUT2D eigenvalue weighted by atomic mass is 9.97. The highest BCUT2D eigenvalue weighted by Gasteiger charge is 2.26. The van der Waals surface area contributed by atoms with Gasteiger partial charge in [-0.2, -0.15) is 4.98 Å². The Hall–Kier alpha value is -1.92. The molecule has 0 N–H and O–H groups in total. The maximum Gasteiger partial charge on any atom is 0.309 e. The van der Waals surface area contributed by atoms with E-state index in [1.54, 1.807) is 0 Å². The van der Waals surface area contributed by atoms with E-state index < -0.39 is 0 Å². The molecule has 0 saturated carbocycles. The highest BCUT2D eigenvalue weighted by atomic mass is 35.5.